The van der Waals surface area contributed by atoms with Crippen molar-refractivity contribution >= 4 is 15.8 Å². The molecule has 0 radical (unpaired) electrons. The van der Waals surface area contributed by atoms with Crippen LogP contribution >= 0.6 is 0 Å². The lowest BCUT2D eigenvalue weighted by Gasteiger charge is -2.45. The average Bonchev–Trinajstić information content (AvgIpc) is 2.71. The van der Waals surface area contributed by atoms with Crippen LogP contribution in [0.5, 0.6) is 0 Å². The average molecular weight is 403 g/mol. The van der Waals surface area contributed by atoms with E-state index in [1.54, 1.807) is 12.1 Å². The number of aryl methyl sites for hydroxylation is 1. The van der Waals surface area contributed by atoms with Gasteiger partial charge in [-0.15, -0.1) is 0 Å². The predicted octanol–water partition coefficient (Wildman–Crippen LogP) is 3.59. The van der Waals surface area contributed by atoms with Gasteiger partial charge in [0.05, 0.1) is 10.9 Å². The molecule has 3 fully saturated rings. The van der Waals surface area contributed by atoms with Gasteiger partial charge in [0.25, 0.3) is 10.1 Å². The number of benzene rings is 2. The standard InChI is InChI=1S/C14H18N2O.C7H8O3S/c17-15-14(12-4-2-1-3-5-12)13-10-11-6-8-16(13)9-7-11;1-6-2-4-7(5-3-6)11(8,9)10/h1-5,11,13,17H,6-10H2;2-5H,1H3,(H,8,9,10). The quantitative estimate of drug-likeness (QED) is 0.354. The summed E-state index contributed by atoms with van der Waals surface area (Å²) in [4.78, 5) is 2.39. The van der Waals surface area contributed by atoms with Gasteiger partial charge in [0.1, 0.15) is 5.71 Å². The van der Waals surface area contributed by atoms with E-state index in [9.17, 15) is 13.6 Å². The maximum absolute atomic E-state index is 10.5. The summed E-state index contributed by atoms with van der Waals surface area (Å²) in [5, 5.41) is 12.9. The van der Waals surface area contributed by atoms with Crippen LogP contribution in [0.15, 0.2) is 64.6 Å². The minimum Gasteiger partial charge on any atom is -0.411 e. The topological polar surface area (TPSA) is 90.2 Å². The Balaban J connectivity index is 0.000000178. The lowest BCUT2D eigenvalue weighted by Crippen LogP contribution is -2.52. The zero-order chi connectivity index (χ0) is 20.1. The number of oxime groups is 1. The van der Waals surface area contributed by atoms with E-state index in [1.807, 2.05) is 37.3 Å². The summed E-state index contributed by atoms with van der Waals surface area (Å²) in [5.41, 5.74) is 2.85. The maximum atomic E-state index is 10.5. The Morgan fingerprint density at radius 3 is 2.11 bits per heavy atom. The zero-order valence-electron chi connectivity index (χ0n) is 15.9. The molecule has 1 atom stereocenters. The molecule has 0 spiro atoms. The molecule has 0 amide bonds. The fourth-order valence-corrected chi connectivity index (χ4v) is 4.37. The molecular formula is C21H26N2O4S. The second-order valence-electron chi connectivity index (χ2n) is 7.37. The monoisotopic (exact) mass is 402 g/mol. The van der Waals surface area contributed by atoms with Gasteiger partial charge in [-0.3, -0.25) is 9.45 Å². The molecule has 2 bridgehead atoms. The highest BCUT2D eigenvalue weighted by atomic mass is 32.2. The largest absolute Gasteiger partial charge is 0.411 e. The van der Waals surface area contributed by atoms with Crippen LogP contribution in [0.4, 0.5) is 0 Å². The second kappa shape index (κ2) is 8.86. The first-order chi connectivity index (χ1) is 13.4. The van der Waals surface area contributed by atoms with Crippen molar-refractivity contribution in [2.24, 2.45) is 11.1 Å². The number of hydrogen-bond acceptors (Lipinski definition) is 5. The summed E-state index contributed by atoms with van der Waals surface area (Å²) in [7, 11) is -4.02. The van der Waals surface area contributed by atoms with Crippen molar-refractivity contribution < 1.29 is 18.2 Å². The van der Waals surface area contributed by atoms with E-state index in [-0.39, 0.29) is 4.90 Å². The highest BCUT2D eigenvalue weighted by Crippen LogP contribution is 2.33. The summed E-state index contributed by atoms with van der Waals surface area (Å²) in [5.74, 6) is 0.825. The van der Waals surface area contributed by atoms with Crippen LogP contribution < -0.4 is 0 Å². The van der Waals surface area contributed by atoms with E-state index in [2.05, 4.69) is 10.1 Å². The molecule has 1 unspecified atom stereocenters. The van der Waals surface area contributed by atoms with Crippen molar-refractivity contribution in [1.82, 2.24) is 4.90 Å². The van der Waals surface area contributed by atoms with E-state index in [4.69, 9.17) is 4.55 Å². The highest BCUT2D eigenvalue weighted by Gasteiger charge is 2.36. The third kappa shape index (κ3) is 4.98. The van der Waals surface area contributed by atoms with Gasteiger partial charge >= 0.3 is 0 Å². The zero-order valence-corrected chi connectivity index (χ0v) is 16.7. The molecule has 0 aliphatic carbocycles. The van der Waals surface area contributed by atoms with Crippen molar-refractivity contribution in [3.05, 3.63) is 65.7 Å². The van der Waals surface area contributed by atoms with E-state index >= 15 is 0 Å². The summed E-state index contributed by atoms with van der Waals surface area (Å²) in [6.07, 6.45) is 3.77. The molecule has 28 heavy (non-hydrogen) atoms. The first-order valence-corrected chi connectivity index (χ1v) is 10.9. The SMILES string of the molecule is Cc1ccc(S(=O)(=O)O)cc1.ON=C(c1ccccc1)C1CC2CCN1CC2. The molecule has 2 N–H and O–H groups in total. The van der Waals surface area contributed by atoms with Gasteiger partial charge in [0, 0.05) is 5.56 Å². The van der Waals surface area contributed by atoms with Crippen molar-refractivity contribution in [1.29, 1.82) is 0 Å². The Kier molecular flexibility index (Phi) is 6.49. The number of rotatable bonds is 3. The summed E-state index contributed by atoms with van der Waals surface area (Å²) < 4.78 is 29.6. The molecule has 3 heterocycles. The molecule has 7 heteroatoms. The minimum atomic E-state index is -4.02. The minimum absolute atomic E-state index is 0.0666. The van der Waals surface area contributed by atoms with Crippen LogP contribution in [0.1, 0.15) is 30.4 Å². The van der Waals surface area contributed by atoms with Gasteiger partial charge in [-0.2, -0.15) is 8.42 Å². The normalized spacial score (nSPS) is 24.4. The second-order valence-corrected chi connectivity index (χ2v) is 8.79. The van der Waals surface area contributed by atoms with E-state index in [0.29, 0.717) is 6.04 Å². The van der Waals surface area contributed by atoms with Crippen molar-refractivity contribution in [2.45, 2.75) is 37.1 Å². The number of piperidine rings is 3. The smallest absolute Gasteiger partial charge is 0.294 e. The number of nitrogens with zero attached hydrogens (tertiary/aromatic N) is 2. The van der Waals surface area contributed by atoms with Gasteiger partial charge in [-0.1, -0.05) is 53.2 Å². The van der Waals surface area contributed by atoms with Gasteiger partial charge in [-0.25, -0.2) is 0 Å². The third-order valence-electron chi connectivity index (χ3n) is 5.46. The van der Waals surface area contributed by atoms with Gasteiger partial charge in [0.15, 0.2) is 0 Å². The molecule has 5 rings (SSSR count). The fraction of sp³-hybridized carbons (Fsp3) is 0.381. The van der Waals surface area contributed by atoms with Crippen LogP contribution in [0, 0.1) is 12.8 Å². The van der Waals surface area contributed by atoms with Crippen LogP contribution in [0.25, 0.3) is 0 Å². The van der Waals surface area contributed by atoms with E-state index in [0.717, 1.165) is 42.3 Å². The summed E-state index contributed by atoms with van der Waals surface area (Å²) >= 11 is 0. The predicted molar refractivity (Wildman–Crippen MR) is 108 cm³/mol. The molecule has 150 valence electrons. The van der Waals surface area contributed by atoms with Gasteiger partial charge < -0.3 is 5.21 Å². The lowest BCUT2D eigenvalue weighted by molar-refractivity contribution is 0.0814. The van der Waals surface area contributed by atoms with Crippen LogP contribution in [-0.2, 0) is 10.1 Å². The molecule has 3 aliphatic heterocycles. The molecule has 2 aromatic rings. The van der Waals surface area contributed by atoms with Crippen LogP contribution in [0.2, 0.25) is 0 Å². The van der Waals surface area contributed by atoms with Crippen LogP contribution in [-0.4, -0.2) is 47.9 Å². The maximum Gasteiger partial charge on any atom is 0.294 e. The number of fused-ring (bicyclic) bond motifs is 3. The van der Waals surface area contributed by atoms with Gasteiger partial charge in [0.2, 0.25) is 0 Å². The lowest BCUT2D eigenvalue weighted by atomic mass is 9.80. The van der Waals surface area contributed by atoms with Gasteiger partial charge in [-0.05, 0) is 57.3 Å². The first-order valence-electron chi connectivity index (χ1n) is 9.44. The molecule has 0 aromatic heterocycles. The first kappa shape index (κ1) is 20.5. The molecule has 0 saturated carbocycles. The third-order valence-corrected chi connectivity index (χ3v) is 6.33. The highest BCUT2D eigenvalue weighted by molar-refractivity contribution is 7.85. The molecule has 3 aliphatic rings. The summed E-state index contributed by atoms with van der Waals surface area (Å²) in [6, 6.07) is 16.3. The Labute approximate surface area is 166 Å². The van der Waals surface area contributed by atoms with Crippen LogP contribution in [0.3, 0.4) is 0 Å². The molecule has 2 aromatic carbocycles. The molecule has 3 saturated heterocycles. The molecule has 6 nitrogen and oxygen atoms in total. The Morgan fingerprint density at radius 2 is 1.64 bits per heavy atom. The summed E-state index contributed by atoms with van der Waals surface area (Å²) in [6.45, 7) is 4.15. The Bertz CT molecular complexity index is 903. The van der Waals surface area contributed by atoms with Crippen molar-refractivity contribution in [3.63, 3.8) is 0 Å². The van der Waals surface area contributed by atoms with E-state index in [1.165, 1.54) is 25.0 Å². The fourth-order valence-electron chi connectivity index (χ4n) is 3.89. The Morgan fingerprint density at radius 1 is 1.04 bits per heavy atom. The van der Waals surface area contributed by atoms with E-state index < -0.39 is 10.1 Å². The molecular weight excluding hydrogens is 376 g/mol. The van der Waals surface area contributed by atoms with Crippen molar-refractivity contribution in [3.8, 4) is 0 Å². The Hall–Kier alpha value is -2.22. The van der Waals surface area contributed by atoms with Crippen molar-refractivity contribution in [2.75, 3.05) is 13.1 Å². The number of hydrogen-bond donors (Lipinski definition) is 2.